The van der Waals surface area contributed by atoms with E-state index < -0.39 is 0 Å². The van der Waals surface area contributed by atoms with Crippen molar-refractivity contribution in [3.63, 3.8) is 0 Å². The van der Waals surface area contributed by atoms with Gasteiger partial charge in [-0.25, -0.2) is 0 Å². The quantitative estimate of drug-likeness (QED) is 0.710. The van der Waals surface area contributed by atoms with Crippen molar-refractivity contribution in [1.82, 2.24) is 4.98 Å². The van der Waals surface area contributed by atoms with Gasteiger partial charge < -0.3 is 10.1 Å². The summed E-state index contributed by atoms with van der Waals surface area (Å²) in [4.78, 5) is 3.33. The van der Waals surface area contributed by atoms with Gasteiger partial charge in [-0.15, -0.1) is 0 Å². The van der Waals surface area contributed by atoms with Gasteiger partial charge in [-0.1, -0.05) is 12.1 Å². The molecule has 0 saturated carbocycles. The van der Waals surface area contributed by atoms with Crippen LogP contribution in [0.15, 0.2) is 12.1 Å². The Balaban J connectivity index is 2.93. The summed E-state index contributed by atoms with van der Waals surface area (Å²) in [5.41, 5.74) is 5.71. The van der Waals surface area contributed by atoms with Crippen molar-refractivity contribution in [1.29, 1.82) is 0 Å². The van der Waals surface area contributed by atoms with Crippen LogP contribution in [0.5, 0.6) is 0 Å². The number of H-pyrrole nitrogens is 1. The molecule has 0 amide bonds. The second-order valence-corrected chi connectivity index (χ2v) is 3.84. The highest BCUT2D eigenvalue weighted by atomic mass is 16.3. The summed E-state index contributed by atoms with van der Waals surface area (Å²) in [6.45, 7) is 6.27. The molecule has 1 aromatic heterocycles. The first-order valence-electron chi connectivity index (χ1n) is 4.83. The molecule has 0 saturated heterocycles. The highest BCUT2D eigenvalue weighted by Crippen LogP contribution is 2.27. The third kappa shape index (κ3) is 1.15. The Labute approximate surface area is 83.6 Å². The van der Waals surface area contributed by atoms with Crippen molar-refractivity contribution in [3.8, 4) is 0 Å². The Morgan fingerprint density at radius 1 is 1.14 bits per heavy atom. The number of hydrogen-bond donors (Lipinski definition) is 2. The Morgan fingerprint density at radius 2 is 1.79 bits per heavy atom. The largest absolute Gasteiger partial charge is 0.392 e. The van der Waals surface area contributed by atoms with Crippen molar-refractivity contribution < 1.29 is 5.11 Å². The minimum absolute atomic E-state index is 0.107. The number of aryl methyl sites for hydroxylation is 3. The molecule has 0 aliphatic rings. The monoisotopic (exact) mass is 189 g/mol. The minimum atomic E-state index is 0.107. The maximum absolute atomic E-state index is 9.30. The smallest absolute Gasteiger partial charge is 0.0705 e. The minimum Gasteiger partial charge on any atom is -0.392 e. The summed E-state index contributed by atoms with van der Waals surface area (Å²) >= 11 is 0. The fourth-order valence-electron chi connectivity index (χ4n) is 2.01. The van der Waals surface area contributed by atoms with E-state index in [4.69, 9.17) is 0 Å². The third-order valence-corrected chi connectivity index (χ3v) is 2.85. The van der Waals surface area contributed by atoms with Gasteiger partial charge in [0.1, 0.15) is 0 Å². The highest BCUT2D eigenvalue weighted by Gasteiger charge is 2.10. The van der Waals surface area contributed by atoms with E-state index in [-0.39, 0.29) is 6.61 Å². The SMILES string of the molecule is Cc1[nH]c2c(C)ccc(C)c2c1CO. The topological polar surface area (TPSA) is 36.0 Å². The van der Waals surface area contributed by atoms with Crippen molar-refractivity contribution in [3.05, 3.63) is 34.5 Å². The molecule has 74 valence electrons. The van der Waals surface area contributed by atoms with E-state index in [0.29, 0.717) is 0 Å². The average molecular weight is 189 g/mol. The molecule has 0 aliphatic carbocycles. The highest BCUT2D eigenvalue weighted by molar-refractivity contribution is 5.90. The molecule has 2 N–H and O–H groups in total. The van der Waals surface area contributed by atoms with Crippen LogP contribution in [0, 0.1) is 20.8 Å². The van der Waals surface area contributed by atoms with Gasteiger partial charge in [-0.2, -0.15) is 0 Å². The lowest BCUT2D eigenvalue weighted by Crippen LogP contribution is -1.86. The second-order valence-electron chi connectivity index (χ2n) is 3.84. The molecule has 1 heterocycles. The molecular formula is C12H15NO. The van der Waals surface area contributed by atoms with Crippen LogP contribution in [-0.2, 0) is 6.61 Å². The fourth-order valence-corrected chi connectivity index (χ4v) is 2.01. The summed E-state index contributed by atoms with van der Waals surface area (Å²) in [7, 11) is 0. The lowest BCUT2D eigenvalue weighted by atomic mass is 10.0. The van der Waals surface area contributed by atoms with Crippen LogP contribution in [0.3, 0.4) is 0 Å². The van der Waals surface area contributed by atoms with Crippen molar-refractivity contribution in [2.24, 2.45) is 0 Å². The van der Waals surface area contributed by atoms with Gasteiger partial charge in [0.15, 0.2) is 0 Å². The first kappa shape index (κ1) is 9.28. The molecule has 0 unspecified atom stereocenters. The number of aromatic amines is 1. The number of aliphatic hydroxyl groups is 1. The van der Waals surface area contributed by atoms with E-state index in [9.17, 15) is 5.11 Å². The zero-order chi connectivity index (χ0) is 10.3. The number of aromatic nitrogens is 1. The molecule has 2 nitrogen and oxygen atoms in total. The lowest BCUT2D eigenvalue weighted by molar-refractivity contribution is 0.282. The van der Waals surface area contributed by atoms with Crippen LogP contribution in [-0.4, -0.2) is 10.1 Å². The Kier molecular flexibility index (Phi) is 2.08. The molecule has 0 radical (unpaired) electrons. The summed E-state index contributed by atoms with van der Waals surface area (Å²) < 4.78 is 0. The van der Waals surface area contributed by atoms with Crippen LogP contribution in [0.1, 0.15) is 22.4 Å². The van der Waals surface area contributed by atoms with E-state index in [1.165, 1.54) is 16.5 Å². The van der Waals surface area contributed by atoms with Gasteiger partial charge in [0.2, 0.25) is 0 Å². The average Bonchev–Trinajstić information content (AvgIpc) is 2.50. The third-order valence-electron chi connectivity index (χ3n) is 2.85. The van der Waals surface area contributed by atoms with E-state index in [2.05, 4.69) is 31.0 Å². The number of aliphatic hydroxyl groups excluding tert-OH is 1. The molecule has 0 spiro atoms. The van der Waals surface area contributed by atoms with E-state index in [1.54, 1.807) is 0 Å². The van der Waals surface area contributed by atoms with Crippen molar-refractivity contribution in [2.45, 2.75) is 27.4 Å². The summed E-state index contributed by atoms with van der Waals surface area (Å²) in [5, 5.41) is 10.5. The molecule has 2 aromatic rings. The van der Waals surface area contributed by atoms with Gasteiger partial charge in [0.25, 0.3) is 0 Å². The Morgan fingerprint density at radius 3 is 2.43 bits per heavy atom. The zero-order valence-electron chi connectivity index (χ0n) is 8.81. The van der Waals surface area contributed by atoms with Gasteiger partial charge in [0, 0.05) is 22.2 Å². The first-order valence-corrected chi connectivity index (χ1v) is 4.83. The molecule has 0 aliphatic heterocycles. The van der Waals surface area contributed by atoms with Gasteiger partial charge in [-0.3, -0.25) is 0 Å². The van der Waals surface area contributed by atoms with E-state index in [0.717, 1.165) is 16.8 Å². The normalized spacial score (nSPS) is 11.1. The van der Waals surface area contributed by atoms with Gasteiger partial charge in [-0.05, 0) is 31.9 Å². The molecule has 0 atom stereocenters. The fraction of sp³-hybridized carbons (Fsp3) is 0.333. The van der Waals surface area contributed by atoms with Crippen LogP contribution in [0.2, 0.25) is 0 Å². The standard InChI is InChI=1S/C12H15NO/c1-7-4-5-8(2)12-11(7)10(6-14)9(3)13-12/h4-5,13-14H,6H2,1-3H3. The van der Waals surface area contributed by atoms with Gasteiger partial charge >= 0.3 is 0 Å². The van der Waals surface area contributed by atoms with Crippen molar-refractivity contribution in [2.75, 3.05) is 0 Å². The van der Waals surface area contributed by atoms with Crippen LogP contribution >= 0.6 is 0 Å². The summed E-state index contributed by atoms with van der Waals surface area (Å²) in [6, 6.07) is 4.21. The number of rotatable bonds is 1. The lowest BCUT2D eigenvalue weighted by Gasteiger charge is -2.01. The van der Waals surface area contributed by atoms with E-state index in [1.807, 2.05) is 6.92 Å². The predicted octanol–water partition coefficient (Wildman–Crippen LogP) is 2.59. The Bertz CT molecular complexity index is 483. The molecule has 14 heavy (non-hydrogen) atoms. The Hall–Kier alpha value is -1.28. The van der Waals surface area contributed by atoms with Crippen LogP contribution in [0.25, 0.3) is 10.9 Å². The van der Waals surface area contributed by atoms with Crippen LogP contribution in [0.4, 0.5) is 0 Å². The number of hydrogen-bond acceptors (Lipinski definition) is 1. The summed E-state index contributed by atoms with van der Waals surface area (Å²) in [5.74, 6) is 0. The molecule has 0 fully saturated rings. The second kappa shape index (κ2) is 3.14. The number of benzene rings is 1. The van der Waals surface area contributed by atoms with E-state index >= 15 is 0 Å². The maximum Gasteiger partial charge on any atom is 0.0705 e. The number of nitrogens with one attached hydrogen (secondary N) is 1. The predicted molar refractivity (Wildman–Crippen MR) is 58.4 cm³/mol. The van der Waals surface area contributed by atoms with Gasteiger partial charge in [0.05, 0.1) is 6.61 Å². The maximum atomic E-state index is 9.30. The first-order chi connectivity index (χ1) is 6.65. The molecule has 2 rings (SSSR count). The van der Waals surface area contributed by atoms with Crippen LogP contribution < -0.4 is 0 Å². The summed E-state index contributed by atoms with van der Waals surface area (Å²) in [6.07, 6.45) is 0. The molecule has 1 aromatic carbocycles. The molecule has 0 bridgehead atoms. The number of fused-ring (bicyclic) bond motifs is 1. The van der Waals surface area contributed by atoms with Crippen molar-refractivity contribution >= 4 is 10.9 Å². The molecular weight excluding hydrogens is 174 g/mol. The molecule has 2 heteroatoms. The zero-order valence-corrected chi connectivity index (χ0v) is 8.81.